The Bertz CT molecular complexity index is 454. The molecule has 0 aliphatic carbocycles. The Hall–Kier alpha value is -1.24. The third-order valence-electron chi connectivity index (χ3n) is 2.25. The maximum atomic E-state index is 11.6. The van der Waals surface area contributed by atoms with Crippen molar-refractivity contribution >= 4 is 29.1 Å². The number of halogens is 2. The van der Waals surface area contributed by atoms with E-state index in [1.54, 1.807) is 18.2 Å². The smallest absolute Gasteiger partial charge is 0.225 e. The third kappa shape index (κ3) is 4.26. The van der Waals surface area contributed by atoms with Gasteiger partial charge < -0.3 is 5.32 Å². The third-order valence-corrected chi connectivity index (χ3v) is 2.99. The van der Waals surface area contributed by atoms with Gasteiger partial charge in [0.25, 0.3) is 0 Å². The number of hydrogen-bond acceptors (Lipinski definition) is 2. The summed E-state index contributed by atoms with van der Waals surface area (Å²) in [4.78, 5) is 11.6. The van der Waals surface area contributed by atoms with Gasteiger partial charge in [0.2, 0.25) is 5.91 Å². The summed E-state index contributed by atoms with van der Waals surface area (Å²) in [5.41, 5.74) is 0.768. The Kier molecular flexibility index (Phi) is 5.27. The molecule has 0 heterocycles. The normalized spacial score (nSPS) is 11.6. The molecule has 0 aromatic heterocycles. The van der Waals surface area contributed by atoms with E-state index in [0.717, 1.165) is 5.56 Å². The summed E-state index contributed by atoms with van der Waals surface area (Å²) in [5.74, 6) is -0.197. The SMILES string of the molecule is CCC(C#N)NC(=O)Cc1ccc(Cl)c(Cl)c1. The first-order valence-electron chi connectivity index (χ1n) is 5.19. The molecule has 0 fully saturated rings. The van der Waals surface area contributed by atoms with Crippen molar-refractivity contribution in [2.24, 2.45) is 0 Å². The van der Waals surface area contributed by atoms with Crippen molar-refractivity contribution in [1.82, 2.24) is 5.32 Å². The van der Waals surface area contributed by atoms with Gasteiger partial charge >= 0.3 is 0 Å². The number of nitrogens with zero attached hydrogens (tertiary/aromatic N) is 1. The summed E-state index contributed by atoms with van der Waals surface area (Å²) in [6.07, 6.45) is 0.776. The molecule has 1 aromatic carbocycles. The molecule has 1 N–H and O–H groups in total. The molecule has 1 unspecified atom stereocenters. The predicted molar refractivity (Wildman–Crippen MR) is 68.0 cm³/mol. The second kappa shape index (κ2) is 6.48. The van der Waals surface area contributed by atoms with Gasteiger partial charge in [-0.25, -0.2) is 0 Å². The van der Waals surface area contributed by atoms with Crippen molar-refractivity contribution in [1.29, 1.82) is 5.26 Å². The maximum absolute atomic E-state index is 11.6. The van der Waals surface area contributed by atoms with E-state index in [2.05, 4.69) is 5.32 Å². The molecule has 17 heavy (non-hydrogen) atoms. The molecule has 0 aliphatic heterocycles. The predicted octanol–water partition coefficient (Wildman–Crippen LogP) is 2.95. The van der Waals surface area contributed by atoms with Crippen LogP contribution in [0.25, 0.3) is 0 Å². The molecule has 0 bridgehead atoms. The highest BCUT2D eigenvalue weighted by atomic mass is 35.5. The van der Waals surface area contributed by atoms with Crippen LogP contribution in [0.1, 0.15) is 18.9 Å². The Morgan fingerprint density at radius 1 is 1.47 bits per heavy atom. The summed E-state index contributed by atoms with van der Waals surface area (Å²) < 4.78 is 0. The number of nitriles is 1. The largest absolute Gasteiger partial charge is 0.340 e. The fourth-order valence-electron chi connectivity index (χ4n) is 1.31. The van der Waals surface area contributed by atoms with Gasteiger partial charge in [0.05, 0.1) is 22.5 Å². The maximum Gasteiger partial charge on any atom is 0.225 e. The van der Waals surface area contributed by atoms with Gasteiger partial charge in [0.1, 0.15) is 6.04 Å². The minimum atomic E-state index is -0.440. The highest BCUT2D eigenvalue weighted by Crippen LogP contribution is 2.22. The van der Waals surface area contributed by atoms with Crippen molar-refractivity contribution in [2.45, 2.75) is 25.8 Å². The molecule has 5 heteroatoms. The van der Waals surface area contributed by atoms with Crippen LogP contribution in [-0.4, -0.2) is 11.9 Å². The van der Waals surface area contributed by atoms with Crippen LogP contribution < -0.4 is 5.32 Å². The molecule has 0 spiro atoms. The van der Waals surface area contributed by atoms with E-state index in [-0.39, 0.29) is 12.3 Å². The molecule has 1 rings (SSSR count). The lowest BCUT2D eigenvalue weighted by Gasteiger charge is -2.09. The quantitative estimate of drug-likeness (QED) is 0.915. The molecule has 0 saturated heterocycles. The summed E-state index contributed by atoms with van der Waals surface area (Å²) in [7, 11) is 0. The molecule has 0 aliphatic rings. The second-order valence-electron chi connectivity index (χ2n) is 3.58. The van der Waals surface area contributed by atoms with Crippen molar-refractivity contribution in [3.8, 4) is 6.07 Å². The summed E-state index contributed by atoms with van der Waals surface area (Å²) in [5, 5.41) is 12.2. The highest BCUT2D eigenvalue weighted by molar-refractivity contribution is 6.42. The fraction of sp³-hybridized carbons (Fsp3) is 0.333. The number of benzene rings is 1. The number of hydrogen-bond donors (Lipinski definition) is 1. The van der Waals surface area contributed by atoms with E-state index >= 15 is 0 Å². The van der Waals surface area contributed by atoms with E-state index in [1.807, 2.05) is 13.0 Å². The fourth-order valence-corrected chi connectivity index (χ4v) is 1.63. The molecule has 1 aromatic rings. The molecule has 1 amide bonds. The zero-order chi connectivity index (χ0) is 12.8. The number of nitrogens with one attached hydrogen (secondary N) is 1. The Labute approximate surface area is 110 Å². The number of carbonyl (C=O) groups is 1. The molecular formula is C12H12Cl2N2O. The van der Waals surface area contributed by atoms with Gasteiger partial charge in [0, 0.05) is 0 Å². The van der Waals surface area contributed by atoms with E-state index in [4.69, 9.17) is 28.5 Å². The summed E-state index contributed by atoms with van der Waals surface area (Å²) in [6, 6.07) is 6.60. The van der Waals surface area contributed by atoms with Crippen LogP contribution >= 0.6 is 23.2 Å². The van der Waals surface area contributed by atoms with Gasteiger partial charge in [-0.1, -0.05) is 36.2 Å². The Morgan fingerprint density at radius 3 is 2.71 bits per heavy atom. The Balaban J connectivity index is 2.62. The lowest BCUT2D eigenvalue weighted by molar-refractivity contribution is -0.120. The lowest BCUT2D eigenvalue weighted by atomic mass is 10.1. The van der Waals surface area contributed by atoms with Crippen LogP contribution in [0.5, 0.6) is 0 Å². The molecule has 1 atom stereocenters. The standard InChI is InChI=1S/C12H12Cl2N2O/c1-2-9(7-15)16-12(17)6-8-3-4-10(13)11(14)5-8/h3-5,9H,2,6H2,1H3,(H,16,17). The van der Waals surface area contributed by atoms with Gasteiger partial charge in [-0.2, -0.15) is 5.26 Å². The van der Waals surface area contributed by atoms with Gasteiger partial charge in [0.15, 0.2) is 0 Å². The van der Waals surface area contributed by atoms with Gasteiger partial charge in [-0.3, -0.25) is 4.79 Å². The number of carbonyl (C=O) groups excluding carboxylic acids is 1. The van der Waals surface area contributed by atoms with Crippen LogP contribution in [0.3, 0.4) is 0 Å². The van der Waals surface area contributed by atoms with E-state index < -0.39 is 6.04 Å². The van der Waals surface area contributed by atoms with Crippen molar-refractivity contribution in [3.05, 3.63) is 33.8 Å². The monoisotopic (exact) mass is 270 g/mol. The zero-order valence-electron chi connectivity index (χ0n) is 9.34. The summed E-state index contributed by atoms with van der Waals surface area (Å²) >= 11 is 11.6. The van der Waals surface area contributed by atoms with Crippen LogP contribution in [-0.2, 0) is 11.2 Å². The van der Waals surface area contributed by atoms with Crippen molar-refractivity contribution in [2.75, 3.05) is 0 Å². The van der Waals surface area contributed by atoms with Gasteiger partial charge in [-0.15, -0.1) is 0 Å². The first kappa shape index (κ1) is 13.8. The Morgan fingerprint density at radius 2 is 2.18 bits per heavy atom. The average Bonchev–Trinajstić information content (AvgIpc) is 2.31. The molecule has 90 valence electrons. The number of rotatable bonds is 4. The minimum Gasteiger partial charge on any atom is -0.340 e. The van der Waals surface area contributed by atoms with Crippen LogP contribution in [0.4, 0.5) is 0 Å². The average molecular weight is 271 g/mol. The molecular weight excluding hydrogens is 259 g/mol. The minimum absolute atomic E-state index is 0.190. The first-order chi connectivity index (χ1) is 8.06. The van der Waals surface area contributed by atoms with Gasteiger partial charge in [-0.05, 0) is 24.1 Å². The number of amides is 1. The van der Waals surface area contributed by atoms with Crippen LogP contribution in [0.2, 0.25) is 10.0 Å². The lowest BCUT2D eigenvalue weighted by Crippen LogP contribution is -2.34. The van der Waals surface area contributed by atoms with Crippen LogP contribution in [0, 0.1) is 11.3 Å². The zero-order valence-corrected chi connectivity index (χ0v) is 10.8. The highest BCUT2D eigenvalue weighted by Gasteiger charge is 2.10. The molecule has 0 saturated carbocycles. The molecule has 3 nitrogen and oxygen atoms in total. The van der Waals surface area contributed by atoms with Crippen LogP contribution in [0.15, 0.2) is 18.2 Å². The van der Waals surface area contributed by atoms with Crippen molar-refractivity contribution < 1.29 is 4.79 Å². The van der Waals surface area contributed by atoms with E-state index in [1.165, 1.54) is 0 Å². The first-order valence-corrected chi connectivity index (χ1v) is 5.95. The van der Waals surface area contributed by atoms with E-state index in [9.17, 15) is 4.79 Å². The topological polar surface area (TPSA) is 52.9 Å². The summed E-state index contributed by atoms with van der Waals surface area (Å²) in [6.45, 7) is 1.84. The molecule has 0 radical (unpaired) electrons. The van der Waals surface area contributed by atoms with E-state index in [0.29, 0.717) is 16.5 Å². The van der Waals surface area contributed by atoms with Crippen molar-refractivity contribution in [3.63, 3.8) is 0 Å². The second-order valence-corrected chi connectivity index (χ2v) is 4.40.